The Balaban J connectivity index is 1.61. The third-order valence-electron chi connectivity index (χ3n) is 5.65. The molecule has 0 saturated carbocycles. The summed E-state index contributed by atoms with van der Waals surface area (Å²) in [6.45, 7) is 2.65. The molecule has 0 N–H and O–H groups in total. The fourth-order valence-corrected chi connectivity index (χ4v) is 6.65. The van der Waals surface area contributed by atoms with E-state index < -0.39 is 9.84 Å². The summed E-state index contributed by atoms with van der Waals surface area (Å²) in [5.41, 5.74) is 1.40. The quantitative estimate of drug-likeness (QED) is 0.389. The zero-order valence-electron chi connectivity index (χ0n) is 17.8. The van der Waals surface area contributed by atoms with Crippen LogP contribution >= 0.6 is 11.8 Å². The lowest BCUT2D eigenvalue weighted by atomic mass is 10.2. The number of carbonyl (C=O) groups excluding carboxylic acids is 1. The van der Waals surface area contributed by atoms with Crippen molar-refractivity contribution in [2.24, 2.45) is 0 Å². The summed E-state index contributed by atoms with van der Waals surface area (Å²) in [6, 6.07) is 16.5. The second-order valence-electron chi connectivity index (χ2n) is 7.81. The van der Waals surface area contributed by atoms with Gasteiger partial charge in [-0.3, -0.25) is 14.2 Å². The molecule has 1 atom stereocenters. The van der Waals surface area contributed by atoms with E-state index in [-0.39, 0.29) is 34.8 Å². The first-order valence-electron chi connectivity index (χ1n) is 10.5. The molecule has 3 aromatic rings. The Morgan fingerprint density at radius 2 is 1.88 bits per heavy atom. The van der Waals surface area contributed by atoms with E-state index in [1.54, 1.807) is 21.6 Å². The first-order valence-corrected chi connectivity index (χ1v) is 13.3. The summed E-state index contributed by atoms with van der Waals surface area (Å²) in [5.74, 6) is 0.0826. The van der Waals surface area contributed by atoms with Crippen LogP contribution in [0.5, 0.6) is 0 Å². The van der Waals surface area contributed by atoms with Gasteiger partial charge in [0.1, 0.15) is 0 Å². The Morgan fingerprint density at radius 1 is 1.16 bits per heavy atom. The second-order valence-corrected chi connectivity index (χ2v) is 11.0. The number of para-hydroxylation sites is 1. The molecule has 32 heavy (non-hydrogen) atoms. The number of fused-ring (bicyclic) bond motifs is 1. The first-order chi connectivity index (χ1) is 15.4. The maximum atomic E-state index is 13.2. The van der Waals surface area contributed by atoms with Crippen LogP contribution in [0.4, 0.5) is 0 Å². The van der Waals surface area contributed by atoms with E-state index in [9.17, 15) is 18.0 Å². The molecular formula is C23H25N3O4S2. The van der Waals surface area contributed by atoms with Crippen LogP contribution in [0.25, 0.3) is 10.9 Å². The molecule has 0 bridgehead atoms. The summed E-state index contributed by atoms with van der Waals surface area (Å²) in [6.07, 6.45) is 0.472. The smallest absolute Gasteiger partial charge is 0.262 e. The van der Waals surface area contributed by atoms with Crippen molar-refractivity contribution in [3.63, 3.8) is 0 Å². The number of amides is 1. The van der Waals surface area contributed by atoms with Gasteiger partial charge in [-0.1, -0.05) is 54.2 Å². The van der Waals surface area contributed by atoms with E-state index in [4.69, 9.17) is 0 Å². The number of hydrogen-bond acceptors (Lipinski definition) is 6. The van der Waals surface area contributed by atoms with Gasteiger partial charge in [0.2, 0.25) is 5.91 Å². The molecule has 0 radical (unpaired) electrons. The average molecular weight is 472 g/mol. The highest BCUT2D eigenvalue weighted by molar-refractivity contribution is 7.99. The summed E-state index contributed by atoms with van der Waals surface area (Å²) < 4.78 is 25.3. The number of hydrogen-bond donors (Lipinski definition) is 0. The van der Waals surface area contributed by atoms with Gasteiger partial charge in [-0.2, -0.15) is 0 Å². The Bertz CT molecular complexity index is 1290. The van der Waals surface area contributed by atoms with E-state index >= 15 is 0 Å². The summed E-state index contributed by atoms with van der Waals surface area (Å²) in [5, 5.41) is 1.01. The van der Waals surface area contributed by atoms with Gasteiger partial charge in [0.25, 0.3) is 5.56 Å². The van der Waals surface area contributed by atoms with E-state index in [1.165, 1.54) is 11.8 Å². The minimum absolute atomic E-state index is 0.0180. The van der Waals surface area contributed by atoms with Crippen molar-refractivity contribution in [3.05, 3.63) is 70.5 Å². The van der Waals surface area contributed by atoms with Crippen LogP contribution in [0.3, 0.4) is 0 Å². The van der Waals surface area contributed by atoms with E-state index in [1.807, 2.05) is 49.4 Å². The van der Waals surface area contributed by atoms with Crippen molar-refractivity contribution >= 4 is 38.4 Å². The van der Waals surface area contributed by atoms with Crippen LogP contribution in [-0.4, -0.2) is 58.6 Å². The molecular weight excluding hydrogens is 446 g/mol. The molecule has 4 rings (SSSR count). The van der Waals surface area contributed by atoms with Crippen molar-refractivity contribution in [2.45, 2.75) is 31.1 Å². The molecule has 1 fully saturated rings. The molecule has 1 amide bonds. The zero-order chi connectivity index (χ0) is 22.7. The fourth-order valence-electron chi connectivity index (χ4n) is 4.03. The number of aromatic nitrogens is 2. The van der Waals surface area contributed by atoms with Crippen molar-refractivity contribution in [1.29, 1.82) is 0 Å². The van der Waals surface area contributed by atoms with Crippen LogP contribution in [0, 0.1) is 0 Å². The van der Waals surface area contributed by atoms with Crippen molar-refractivity contribution in [2.75, 3.05) is 23.8 Å². The number of carbonyl (C=O) groups is 1. The minimum Gasteiger partial charge on any atom is -0.338 e. The number of nitrogens with zero attached hydrogens (tertiary/aromatic N) is 3. The highest BCUT2D eigenvalue weighted by Crippen LogP contribution is 2.22. The van der Waals surface area contributed by atoms with Crippen LogP contribution in [-0.2, 0) is 21.2 Å². The molecule has 168 valence electrons. The highest BCUT2D eigenvalue weighted by Gasteiger charge is 2.33. The van der Waals surface area contributed by atoms with Crippen LogP contribution < -0.4 is 5.56 Å². The van der Waals surface area contributed by atoms with Gasteiger partial charge in [-0.15, -0.1) is 0 Å². The molecule has 0 unspecified atom stereocenters. The molecule has 1 aliphatic rings. The molecule has 0 spiro atoms. The maximum absolute atomic E-state index is 13.2. The standard InChI is InChI=1S/C23H25N3O4S2/c1-2-25(18-12-13-32(29,30)16-18)21(27)15-31-23-24-20-11-7-6-10-19(20)22(28)26(23)14-17-8-4-3-5-9-17/h3-11,18H,2,12-16H2,1H3/t18-/m1/s1. The predicted molar refractivity (Wildman–Crippen MR) is 127 cm³/mol. The molecule has 0 aliphatic carbocycles. The Morgan fingerprint density at radius 3 is 2.56 bits per heavy atom. The summed E-state index contributed by atoms with van der Waals surface area (Å²) in [4.78, 5) is 32.5. The van der Waals surface area contributed by atoms with Crippen LogP contribution in [0.1, 0.15) is 18.9 Å². The molecule has 1 aliphatic heterocycles. The Labute approximate surface area is 191 Å². The van der Waals surface area contributed by atoms with Gasteiger partial charge < -0.3 is 4.90 Å². The average Bonchev–Trinajstić information content (AvgIpc) is 3.15. The highest BCUT2D eigenvalue weighted by atomic mass is 32.2. The van der Waals surface area contributed by atoms with Gasteiger partial charge in [0.05, 0.1) is 34.7 Å². The zero-order valence-corrected chi connectivity index (χ0v) is 19.4. The molecule has 2 aromatic carbocycles. The van der Waals surface area contributed by atoms with Gasteiger partial charge in [-0.05, 0) is 31.0 Å². The van der Waals surface area contributed by atoms with Crippen molar-refractivity contribution in [3.8, 4) is 0 Å². The van der Waals surface area contributed by atoms with Gasteiger partial charge in [0.15, 0.2) is 15.0 Å². The number of sulfone groups is 1. The van der Waals surface area contributed by atoms with E-state index in [2.05, 4.69) is 4.98 Å². The monoisotopic (exact) mass is 471 g/mol. The Hall–Kier alpha value is -2.65. The Kier molecular flexibility index (Phi) is 6.66. The molecule has 1 aromatic heterocycles. The van der Waals surface area contributed by atoms with Crippen LogP contribution in [0.15, 0.2) is 64.5 Å². The number of thioether (sulfide) groups is 1. The SMILES string of the molecule is CCN(C(=O)CSc1nc2ccccc2c(=O)n1Cc1ccccc1)[C@@H]1CCS(=O)(=O)C1. The summed E-state index contributed by atoms with van der Waals surface area (Å²) in [7, 11) is -3.08. The fraction of sp³-hybridized carbons (Fsp3) is 0.348. The lowest BCUT2D eigenvalue weighted by molar-refractivity contribution is -0.129. The van der Waals surface area contributed by atoms with Crippen LogP contribution in [0.2, 0.25) is 0 Å². The van der Waals surface area contributed by atoms with E-state index in [0.717, 1.165) is 5.56 Å². The van der Waals surface area contributed by atoms with Gasteiger partial charge in [-0.25, -0.2) is 13.4 Å². The predicted octanol–water partition coefficient (Wildman–Crippen LogP) is 2.57. The molecule has 7 nitrogen and oxygen atoms in total. The largest absolute Gasteiger partial charge is 0.338 e. The van der Waals surface area contributed by atoms with Gasteiger partial charge in [0, 0.05) is 12.6 Å². The van der Waals surface area contributed by atoms with Crippen molar-refractivity contribution < 1.29 is 13.2 Å². The summed E-state index contributed by atoms with van der Waals surface area (Å²) >= 11 is 1.22. The topological polar surface area (TPSA) is 89.3 Å². The second kappa shape index (κ2) is 9.46. The maximum Gasteiger partial charge on any atom is 0.262 e. The third-order valence-corrected chi connectivity index (χ3v) is 8.36. The molecule has 1 saturated heterocycles. The number of rotatable bonds is 7. The lowest BCUT2D eigenvalue weighted by Crippen LogP contribution is -2.42. The normalized spacial score (nSPS) is 17.5. The van der Waals surface area contributed by atoms with Gasteiger partial charge >= 0.3 is 0 Å². The number of benzene rings is 2. The third kappa shape index (κ3) is 4.88. The molecule has 2 heterocycles. The van der Waals surface area contributed by atoms with Crippen molar-refractivity contribution in [1.82, 2.24) is 14.5 Å². The first kappa shape index (κ1) is 22.5. The van der Waals surface area contributed by atoms with E-state index in [0.29, 0.717) is 35.6 Å². The lowest BCUT2D eigenvalue weighted by Gasteiger charge is -2.26. The molecule has 9 heteroatoms. The minimum atomic E-state index is -3.08.